The molecule has 132 valence electrons. The third-order valence-corrected chi connectivity index (χ3v) is 4.14. The zero-order valence-electron chi connectivity index (χ0n) is 15.6. The van der Waals surface area contributed by atoms with Crippen molar-refractivity contribution >= 4 is 17.5 Å². The highest BCUT2D eigenvalue weighted by Gasteiger charge is 2.27. The van der Waals surface area contributed by atoms with Gasteiger partial charge in [-0.15, -0.1) is 0 Å². The Morgan fingerprint density at radius 3 is 2.25 bits per heavy atom. The van der Waals surface area contributed by atoms with Crippen LogP contribution in [0.5, 0.6) is 0 Å². The van der Waals surface area contributed by atoms with Gasteiger partial charge in [0.25, 0.3) is 0 Å². The highest BCUT2D eigenvalue weighted by atomic mass is 16.2. The smallest absolute Gasteiger partial charge is 0.227 e. The first-order valence-electron chi connectivity index (χ1n) is 8.76. The molecule has 2 amide bonds. The summed E-state index contributed by atoms with van der Waals surface area (Å²) in [4.78, 5) is 25.9. The normalized spacial score (nSPS) is 15.7. The zero-order valence-corrected chi connectivity index (χ0v) is 15.6. The monoisotopic (exact) mass is 330 g/mol. The van der Waals surface area contributed by atoms with Crippen LogP contribution < -0.4 is 10.2 Å². The Morgan fingerprint density at radius 1 is 1.12 bits per heavy atom. The highest BCUT2D eigenvalue weighted by molar-refractivity contribution is 5.95. The maximum absolute atomic E-state index is 12.3. The van der Waals surface area contributed by atoms with E-state index in [2.05, 4.69) is 39.9 Å². The first-order valence-corrected chi connectivity index (χ1v) is 8.76. The van der Waals surface area contributed by atoms with Gasteiger partial charge in [-0.2, -0.15) is 0 Å². The molecule has 0 saturated carbocycles. The molecule has 1 aromatic carbocycles. The molecule has 24 heavy (non-hydrogen) atoms. The van der Waals surface area contributed by atoms with E-state index < -0.39 is 0 Å². The average molecular weight is 330 g/mol. The summed E-state index contributed by atoms with van der Waals surface area (Å²) in [6.45, 7) is 11.5. The zero-order chi connectivity index (χ0) is 18.0. The third-order valence-electron chi connectivity index (χ3n) is 4.14. The molecule has 1 N–H and O–H groups in total. The van der Waals surface area contributed by atoms with Crippen LogP contribution in [-0.4, -0.2) is 23.9 Å². The molecule has 0 unspecified atom stereocenters. The van der Waals surface area contributed by atoms with E-state index >= 15 is 0 Å². The van der Waals surface area contributed by atoms with Gasteiger partial charge in [-0.3, -0.25) is 9.59 Å². The van der Waals surface area contributed by atoms with Crippen molar-refractivity contribution in [2.24, 2.45) is 5.41 Å². The molecule has 1 aliphatic rings. The Hall–Kier alpha value is -1.84. The first kappa shape index (κ1) is 18.5. The Balaban J connectivity index is 1.93. The summed E-state index contributed by atoms with van der Waals surface area (Å²) >= 11 is 0. The quantitative estimate of drug-likeness (QED) is 0.895. The van der Waals surface area contributed by atoms with Gasteiger partial charge in [0.05, 0.1) is 6.42 Å². The largest absolute Gasteiger partial charge is 0.351 e. The van der Waals surface area contributed by atoms with Gasteiger partial charge in [-0.1, -0.05) is 32.9 Å². The highest BCUT2D eigenvalue weighted by Crippen LogP contribution is 2.27. The van der Waals surface area contributed by atoms with Gasteiger partial charge < -0.3 is 10.2 Å². The third kappa shape index (κ3) is 5.36. The van der Waals surface area contributed by atoms with E-state index in [4.69, 9.17) is 0 Å². The first-order chi connectivity index (χ1) is 11.1. The summed E-state index contributed by atoms with van der Waals surface area (Å²) in [6.07, 6.45) is 2.84. The summed E-state index contributed by atoms with van der Waals surface area (Å²) in [6, 6.07) is 7.76. The Labute approximate surface area is 145 Å². The van der Waals surface area contributed by atoms with Gasteiger partial charge >= 0.3 is 0 Å². The van der Waals surface area contributed by atoms with Crippen LogP contribution in [0.1, 0.15) is 59.4 Å². The molecule has 1 fully saturated rings. The Kier molecular flexibility index (Phi) is 5.36. The number of anilines is 1. The van der Waals surface area contributed by atoms with Crippen LogP contribution in [0.2, 0.25) is 0 Å². The van der Waals surface area contributed by atoms with Gasteiger partial charge in [0, 0.05) is 24.2 Å². The summed E-state index contributed by atoms with van der Waals surface area (Å²) in [5.41, 5.74) is 1.84. The molecule has 1 aliphatic heterocycles. The second-order valence-electron chi connectivity index (χ2n) is 8.66. The maximum Gasteiger partial charge on any atom is 0.227 e. The van der Waals surface area contributed by atoms with Gasteiger partial charge in [-0.05, 0) is 49.8 Å². The molecule has 0 aromatic heterocycles. The minimum atomic E-state index is -0.225. The van der Waals surface area contributed by atoms with Crippen LogP contribution in [0.15, 0.2) is 24.3 Å². The minimum Gasteiger partial charge on any atom is -0.351 e. The van der Waals surface area contributed by atoms with Gasteiger partial charge in [0.1, 0.15) is 0 Å². The predicted molar refractivity (Wildman–Crippen MR) is 98.0 cm³/mol. The number of amides is 2. The second kappa shape index (κ2) is 6.96. The minimum absolute atomic E-state index is 0.0363. The molecule has 1 heterocycles. The van der Waals surface area contributed by atoms with E-state index in [1.807, 2.05) is 29.2 Å². The second-order valence-corrected chi connectivity index (χ2v) is 8.66. The van der Waals surface area contributed by atoms with E-state index in [-0.39, 0.29) is 22.8 Å². The van der Waals surface area contributed by atoms with Gasteiger partial charge in [0.2, 0.25) is 11.8 Å². The molecule has 4 heteroatoms. The van der Waals surface area contributed by atoms with E-state index in [1.165, 1.54) is 0 Å². The summed E-state index contributed by atoms with van der Waals surface area (Å²) < 4.78 is 0. The number of hydrogen-bond acceptors (Lipinski definition) is 2. The molecule has 4 nitrogen and oxygen atoms in total. The number of benzene rings is 1. The Bertz CT molecular complexity index is 597. The summed E-state index contributed by atoms with van der Waals surface area (Å²) in [5, 5.41) is 3.13. The molecule has 1 saturated heterocycles. The van der Waals surface area contributed by atoms with Crippen molar-refractivity contribution in [3.8, 4) is 0 Å². The number of nitrogens with one attached hydrogen (secondary N) is 1. The van der Waals surface area contributed by atoms with Crippen molar-refractivity contribution in [1.29, 1.82) is 0 Å². The van der Waals surface area contributed by atoms with E-state index in [1.54, 1.807) is 0 Å². The fourth-order valence-electron chi connectivity index (χ4n) is 3.69. The number of carbonyl (C=O) groups excluding carboxylic acids is 2. The van der Waals surface area contributed by atoms with E-state index in [0.29, 0.717) is 12.8 Å². The van der Waals surface area contributed by atoms with Crippen molar-refractivity contribution in [3.63, 3.8) is 0 Å². The van der Waals surface area contributed by atoms with Gasteiger partial charge in [0.15, 0.2) is 0 Å². The molecule has 1 aromatic rings. The van der Waals surface area contributed by atoms with E-state index in [9.17, 15) is 9.59 Å². The number of rotatable bonds is 5. The lowest BCUT2D eigenvalue weighted by molar-refractivity contribution is -0.122. The molecule has 0 bridgehead atoms. The molecular weight excluding hydrogens is 300 g/mol. The van der Waals surface area contributed by atoms with Crippen LogP contribution in [0, 0.1) is 5.41 Å². The van der Waals surface area contributed by atoms with Crippen LogP contribution in [-0.2, 0) is 16.0 Å². The SMILES string of the molecule is CC(C)(C)CC(C)(C)NC(=O)Cc1ccc(N2CCCC2=O)cc1. The molecular formula is C20H30N2O2. The summed E-state index contributed by atoms with van der Waals surface area (Å²) in [5.74, 6) is 0.221. The molecule has 0 spiro atoms. The van der Waals surface area contributed by atoms with Crippen molar-refractivity contribution in [1.82, 2.24) is 5.32 Å². The topological polar surface area (TPSA) is 49.4 Å². The lowest BCUT2D eigenvalue weighted by Gasteiger charge is -2.33. The molecule has 0 atom stereocenters. The number of carbonyl (C=O) groups is 2. The lowest BCUT2D eigenvalue weighted by Crippen LogP contribution is -2.46. The van der Waals surface area contributed by atoms with Crippen molar-refractivity contribution in [3.05, 3.63) is 29.8 Å². The van der Waals surface area contributed by atoms with Crippen LogP contribution in [0.4, 0.5) is 5.69 Å². The maximum atomic E-state index is 12.3. The fraction of sp³-hybridized carbons (Fsp3) is 0.600. The van der Waals surface area contributed by atoms with Crippen molar-refractivity contribution in [2.45, 2.75) is 65.8 Å². The van der Waals surface area contributed by atoms with Crippen LogP contribution in [0.25, 0.3) is 0 Å². The lowest BCUT2D eigenvalue weighted by atomic mass is 9.81. The number of nitrogens with zero attached hydrogens (tertiary/aromatic N) is 1. The van der Waals surface area contributed by atoms with Crippen LogP contribution >= 0.6 is 0 Å². The predicted octanol–water partition coefficient (Wildman–Crippen LogP) is 3.69. The standard InChI is InChI=1S/C20H30N2O2/c1-19(2,3)14-20(4,5)21-17(23)13-15-8-10-16(11-9-15)22-12-6-7-18(22)24/h8-11H,6-7,12-14H2,1-5H3,(H,21,23). The molecule has 2 rings (SSSR count). The summed E-state index contributed by atoms with van der Waals surface area (Å²) in [7, 11) is 0. The van der Waals surface area contributed by atoms with Crippen molar-refractivity contribution in [2.75, 3.05) is 11.4 Å². The fourth-order valence-corrected chi connectivity index (χ4v) is 3.69. The van der Waals surface area contributed by atoms with Crippen molar-refractivity contribution < 1.29 is 9.59 Å². The Morgan fingerprint density at radius 2 is 1.75 bits per heavy atom. The van der Waals surface area contributed by atoms with Crippen LogP contribution in [0.3, 0.4) is 0 Å². The van der Waals surface area contributed by atoms with Gasteiger partial charge in [-0.25, -0.2) is 0 Å². The molecule has 0 aliphatic carbocycles. The average Bonchev–Trinajstić information content (AvgIpc) is 2.82. The number of hydrogen-bond donors (Lipinski definition) is 1. The molecule has 0 radical (unpaired) electrons. The van der Waals surface area contributed by atoms with E-state index in [0.717, 1.165) is 30.6 Å².